The summed E-state index contributed by atoms with van der Waals surface area (Å²) in [5, 5.41) is 7.31. The maximum Gasteiger partial charge on any atom is 0.0933 e. The fourth-order valence-corrected chi connectivity index (χ4v) is 6.34. The summed E-state index contributed by atoms with van der Waals surface area (Å²) < 4.78 is 1.96. The van der Waals surface area contributed by atoms with Gasteiger partial charge in [-0.3, -0.25) is 9.97 Å². The van der Waals surface area contributed by atoms with Crippen LogP contribution in [0.4, 0.5) is 0 Å². The van der Waals surface area contributed by atoms with E-state index in [0.29, 0.717) is 0 Å². The Morgan fingerprint density at radius 1 is 0.367 bits per heavy atom. The van der Waals surface area contributed by atoms with Crippen molar-refractivity contribution in [2.75, 3.05) is 0 Å². The molecular weight excluding hydrogens is 599 g/mol. The van der Waals surface area contributed by atoms with Gasteiger partial charge >= 0.3 is 0 Å². The predicted octanol–water partition coefficient (Wildman–Crippen LogP) is 10.7. The normalized spacial score (nSPS) is 11.3. The lowest BCUT2D eigenvalue weighted by molar-refractivity contribution is 0.974. The molecular formula is C44H29N5. The second-order valence-corrected chi connectivity index (χ2v) is 12.1. The summed E-state index contributed by atoms with van der Waals surface area (Å²) in [4.78, 5) is 14.5. The standard InChI is InChI=1S/C44H29N5/c1-2-9-30(10-3-1)36-20-21-41(46-28-36)44-26-38(25-42(47-44)32-18-16-31(17-19-32)40-15-6-7-22-45-40)33-13-8-14-35(23-33)43-27-39-24-34-11-4-5-12-37(34)29-49(39)48-43/h1-29H. The molecule has 0 fully saturated rings. The molecule has 4 aromatic carbocycles. The molecule has 0 saturated carbocycles. The summed E-state index contributed by atoms with van der Waals surface area (Å²) >= 11 is 0. The molecule has 0 N–H and O–H groups in total. The maximum absolute atomic E-state index is 5.15. The molecule has 0 spiro atoms. The van der Waals surface area contributed by atoms with Crippen LogP contribution < -0.4 is 0 Å². The number of benzene rings is 4. The highest BCUT2D eigenvalue weighted by molar-refractivity contribution is 5.87. The monoisotopic (exact) mass is 627 g/mol. The fourth-order valence-electron chi connectivity index (χ4n) is 6.34. The molecule has 9 rings (SSSR count). The summed E-state index contributed by atoms with van der Waals surface area (Å²) in [5.74, 6) is 0. The Morgan fingerprint density at radius 2 is 1.08 bits per heavy atom. The SMILES string of the molecule is c1ccc(-c2ccc(-c3cc(-c4cccc(-c5cc6cc7ccccc7cn6n5)c4)cc(-c4ccc(-c5ccccn5)cc4)n3)nc2)cc1. The minimum Gasteiger partial charge on any atom is -0.256 e. The van der Waals surface area contributed by atoms with Crippen molar-refractivity contribution in [3.63, 3.8) is 0 Å². The van der Waals surface area contributed by atoms with E-state index in [1.165, 1.54) is 5.39 Å². The number of hydrogen-bond donors (Lipinski definition) is 0. The van der Waals surface area contributed by atoms with Gasteiger partial charge in [0.2, 0.25) is 0 Å². The highest BCUT2D eigenvalue weighted by atomic mass is 15.2. The van der Waals surface area contributed by atoms with Crippen molar-refractivity contribution in [2.45, 2.75) is 0 Å². The molecule has 0 saturated heterocycles. The Labute approximate surface area is 283 Å². The first-order valence-corrected chi connectivity index (χ1v) is 16.3. The van der Waals surface area contributed by atoms with Gasteiger partial charge in [-0.05, 0) is 70.6 Å². The topological polar surface area (TPSA) is 56.0 Å². The number of aromatic nitrogens is 5. The molecule has 0 aliphatic heterocycles. The van der Waals surface area contributed by atoms with Crippen LogP contribution in [-0.4, -0.2) is 24.6 Å². The number of nitrogens with zero attached hydrogens (tertiary/aromatic N) is 5. The van der Waals surface area contributed by atoms with Gasteiger partial charge < -0.3 is 0 Å². The first-order chi connectivity index (χ1) is 24.2. The van der Waals surface area contributed by atoms with Gasteiger partial charge in [0.15, 0.2) is 0 Å². The van der Waals surface area contributed by atoms with Crippen molar-refractivity contribution in [3.8, 4) is 67.4 Å². The molecule has 5 nitrogen and oxygen atoms in total. The number of fused-ring (bicyclic) bond motifs is 2. The van der Waals surface area contributed by atoms with Crippen LogP contribution in [0.5, 0.6) is 0 Å². The van der Waals surface area contributed by atoms with Gasteiger partial charge in [-0.1, -0.05) is 109 Å². The van der Waals surface area contributed by atoms with Gasteiger partial charge in [-0.25, -0.2) is 9.50 Å². The minimum absolute atomic E-state index is 0.811. The molecule has 5 heterocycles. The van der Waals surface area contributed by atoms with Gasteiger partial charge in [-0.15, -0.1) is 0 Å². The molecule has 0 atom stereocenters. The van der Waals surface area contributed by atoms with Crippen LogP contribution >= 0.6 is 0 Å². The Morgan fingerprint density at radius 3 is 1.88 bits per heavy atom. The van der Waals surface area contributed by atoms with E-state index in [1.54, 1.807) is 0 Å². The molecule has 0 bridgehead atoms. The highest BCUT2D eigenvalue weighted by Gasteiger charge is 2.13. The number of pyridine rings is 4. The van der Waals surface area contributed by atoms with Crippen LogP contribution in [0.15, 0.2) is 176 Å². The molecule has 0 aliphatic rings. The molecule has 230 valence electrons. The summed E-state index contributed by atoms with van der Waals surface area (Å²) in [7, 11) is 0. The Kier molecular flexibility index (Phi) is 7.06. The third kappa shape index (κ3) is 5.64. The number of rotatable bonds is 6. The van der Waals surface area contributed by atoms with Crippen LogP contribution in [0.2, 0.25) is 0 Å². The van der Waals surface area contributed by atoms with Gasteiger partial charge in [0.25, 0.3) is 0 Å². The first kappa shape index (κ1) is 28.5. The highest BCUT2D eigenvalue weighted by Crippen LogP contribution is 2.33. The van der Waals surface area contributed by atoms with E-state index < -0.39 is 0 Å². The van der Waals surface area contributed by atoms with Crippen LogP contribution in [-0.2, 0) is 0 Å². The van der Waals surface area contributed by atoms with Crippen LogP contribution in [0.25, 0.3) is 83.7 Å². The van der Waals surface area contributed by atoms with Gasteiger partial charge in [0.1, 0.15) is 0 Å². The molecule has 5 heteroatoms. The van der Waals surface area contributed by atoms with Crippen molar-refractivity contribution in [2.24, 2.45) is 0 Å². The average molecular weight is 628 g/mol. The van der Waals surface area contributed by atoms with Gasteiger partial charge in [0.05, 0.1) is 34.0 Å². The zero-order chi connectivity index (χ0) is 32.6. The lowest BCUT2D eigenvalue weighted by Gasteiger charge is -2.12. The maximum atomic E-state index is 5.15. The van der Waals surface area contributed by atoms with Gasteiger partial charge in [0, 0.05) is 46.2 Å². The summed E-state index contributed by atoms with van der Waals surface area (Å²) in [6.45, 7) is 0. The smallest absolute Gasteiger partial charge is 0.0933 e. The Balaban J connectivity index is 1.13. The summed E-state index contributed by atoms with van der Waals surface area (Å²) in [6, 6.07) is 54.4. The summed E-state index contributed by atoms with van der Waals surface area (Å²) in [5.41, 5.74) is 12.9. The zero-order valence-electron chi connectivity index (χ0n) is 26.5. The molecule has 0 amide bonds. The third-order valence-corrected chi connectivity index (χ3v) is 8.92. The molecule has 9 aromatic rings. The quantitative estimate of drug-likeness (QED) is 0.184. The second-order valence-electron chi connectivity index (χ2n) is 12.1. The average Bonchev–Trinajstić information content (AvgIpc) is 3.61. The van der Waals surface area contributed by atoms with E-state index in [9.17, 15) is 0 Å². The second kappa shape index (κ2) is 12.1. The molecule has 49 heavy (non-hydrogen) atoms. The van der Waals surface area contributed by atoms with Crippen molar-refractivity contribution < 1.29 is 0 Å². The first-order valence-electron chi connectivity index (χ1n) is 16.3. The molecule has 0 aliphatic carbocycles. The van der Waals surface area contributed by atoms with Crippen molar-refractivity contribution in [3.05, 3.63) is 176 Å². The van der Waals surface area contributed by atoms with E-state index in [2.05, 4.69) is 133 Å². The number of hydrogen-bond acceptors (Lipinski definition) is 4. The minimum atomic E-state index is 0.811. The third-order valence-electron chi connectivity index (χ3n) is 8.92. The summed E-state index contributed by atoms with van der Waals surface area (Å²) in [6.07, 6.45) is 5.83. The van der Waals surface area contributed by atoms with Crippen LogP contribution in [0, 0.1) is 0 Å². The van der Waals surface area contributed by atoms with Crippen molar-refractivity contribution in [1.82, 2.24) is 24.6 Å². The molecule has 0 unspecified atom stereocenters. The van der Waals surface area contributed by atoms with Crippen molar-refractivity contribution in [1.29, 1.82) is 0 Å². The lowest BCUT2D eigenvalue weighted by atomic mass is 9.98. The van der Waals surface area contributed by atoms with E-state index in [1.807, 2.05) is 53.3 Å². The van der Waals surface area contributed by atoms with E-state index in [0.717, 1.165) is 78.3 Å². The molecule has 0 radical (unpaired) electrons. The zero-order valence-corrected chi connectivity index (χ0v) is 26.5. The van der Waals surface area contributed by atoms with Gasteiger partial charge in [-0.2, -0.15) is 5.10 Å². The van der Waals surface area contributed by atoms with Crippen molar-refractivity contribution >= 4 is 16.3 Å². The van der Waals surface area contributed by atoms with Crippen LogP contribution in [0.3, 0.4) is 0 Å². The Bertz CT molecular complexity index is 2420. The lowest BCUT2D eigenvalue weighted by Crippen LogP contribution is -1.94. The van der Waals surface area contributed by atoms with E-state index in [4.69, 9.17) is 15.1 Å². The Hall–Kier alpha value is -6.72. The largest absolute Gasteiger partial charge is 0.256 e. The van der Waals surface area contributed by atoms with Crippen LogP contribution in [0.1, 0.15) is 0 Å². The fraction of sp³-hybridized carbons (Fsp3) is 0. The van der Waals surface area contributed by atoms with E-state index in [-0.39, 0.29) is 0 Å². The van der Waals surface area contributed by atoms with E-state index >= 15 is 0 Å². The predicted molar refractivity (Wildman–Crippen MR) is 199 cm³/mol. The molecule has 5 aromatic heterocycles.